The first-order chi connectivity index (χ1) is 13.7. The maximum absolute atomic E-state index is 12.5. The lowest BCUT2D eigenvalue weighted by atomic mass is 9.98. The third kappa shape index (κ3) is 4.89. The second-order valence-corrected chi connectivity index (χ2v) is 6.11. The van der Waals surface area contributed by atoms with Gasteiger partial charge in [-0.25, -0.2) is 0 Å². The second-order valence-electron chi connectivity index (χ2n) is 6.11. The molecule has 0 aliphatic carbocycles. The van der Waals surface area contributed by atoms with E-state index in [2.05, 4.69) is 5.32 Å². The number of hydrogen-bond acceptors (Lipinski definition) is 4. The van der Waals surface area contributed by atoms with E-state index in [0.29, 0.717) is 11.3 Å². The largest absolute Gasteiger partial charge is 0.497 e. The molecular weight excluding hydrogens is 352 g/mol. The molecule has 0 heterocycles. The first kappa shape index (κ1) is 19.0. The van der Waals surface area contributed by atoms with Crippen molar-refractivity contribution >= 4 is 5.91 Å². The molecule has 0 spiro atoms. The van der Waals surface area contributed by atoms with Crippen LogP contribution in [-0.4, -0.2) is 19.6 Å². The Morgan fingerprint density at radius 1 is 0.929 bits per heavy atom. The molecule has 3 aromatic rings. The Morgan fingerprint density at radius 3 is 2.14 bits per heavy atom. The zero-order valence-electron chi connectivity index (χ0n) is 15.5. The van der Waals surface area contributed by atoms with E-state index in [4.69, 9.17) is 14.7 Å². The Kier molecular flexibility index (Phi) is 6.27. The second kappa shape index (κ2) is 9.24. The van der Waals surface area contributed by atoms with Gasteiger partial charge >= 0.3 is 0 Å². The number of benzene rings is 3. The summed E-state index contributed by atoms with van der Waals surface area (Å²) in [5, 5.41) is 11.9. The topological polar surface area (TPSA) is 71.3 Å². The fourth-order valence-corrected chi connectivity index (χ4v) is 2.78. The number of amides is 1. The third-order valence-electron chi connectivity index (χ3n) is 4.24. The maximum atomic E-state index is 12.5. The van der Waals surface area contributed by atoms with Gasteiger partial charge in [0.25, 0.3) is 5.91 Å². The minimum atomic E-state index is -0.302. The minimum Gasteiger partial charge on any atom is -0.497 e. The lowest BCUT2D eigenvalue weighted by Crippen LogP contribution is -2.33. The third-order valence-corrected chi connectivity index (χ3v) is 4.24. The number of carbonyl (C=O) groups excluding carboxylic acids is 1. The van der Waals surface area contributed by atoms with Crippen LogP contribution in [0, 0.1) is 11.3 Å². The van der Waals surface area contributed by atoms with Gasteiger partial charge in [0.15, 0.2) is 6.61 Å². The Labute approximate surface area is 164 Å². The Balaban J connectivity index is 1.71. The van der Waals surface area contributed by atoms with Gasteiger partial charge in [0.1, 0.15) is 11.5 Å². The average molecular weight is 372 g/mol. The van der Waals surface area contributed by atoms with Crippen molar-refractivity contribution in [1.82, 2.24) is 5.32 Å². The summed E-state index contributed by atoms with van der Waals surface area (Å²) < 4.78 is 10.7. The minimum absolute atomic E-state index is 0.120. The van der Waals surface area contributed by atoms with E-state index in [9.17, 15) is 4.79 Å². The molecule has 28 heavy (non-hydrogen) atoms. The molecule has 1 amide bonds. The Bertz CT molecular complexity index is 946. The number of rotatable bonds is 7. The first-order valence-electron chi connectivity index (χ1n) is 8.81. The van der Waals surface area contributed by atoms with Gasteiger partial charge < -0.3 is 14.8 Å². The van der Waals surface area contributed by atoms with E-state index in [1.165, 1.54) is 0 Å². The van der Waals surface area contributed by atoms with Gasteiger partial charge in [-0.05, 0) is 47.5 Å². The van der Waals surface area contributed by atoms with Crippen LogP contribution in [0.1, 0.15) is 22.7 Å². The number of nitriles is 1. The van der Waals surface area contributed by atoms with Crippen molar-refractivity contribution in [1.29, 1.82) is 5.26 Å². The van der Waals surface area contributed by atoms with Crippen molar-refractivity contribution in [3.8, 4) is 17.6 Å². The van der Waals surface area contributed by atoms with Crippen LogP contribution in [0.4, 0.5) is 0 Å². The highest BCUT2D eigenvalue weighted by atomic mass is 16.5. The highest BCUT2D eigenvalue weighted by Gasteiger charge is 2.17. The molecule has 1 unspecified atom stereocenters. The van der Waals surface area contributed by atoms with Gasteiger partial charge in [0.2, 0.25) is 0 Å². The smallest absolute Gasteiger partial charge is 0.258 e. The monoisotopic (exact) mass is 372 g/mol. The Morgan fingerprint density at radius 2 is 1.54 bits per heavy atom. The molecule has 0 radical (unpaired) electrons. The van der Waals surface area contributed by atoms with Gasteiger partial charge in [-0.15, -0.1) is 0 Å². The molecule has 1 N–H and O–H groups in total. The predicted octanol–water partition coefficient (Wildman–Crippen LogP) is 3.85. The SMILES string of the molecule is COc1ccc(C(NC(=O)COc2ccc(C#N)cc2)c2ccccc2)cc1. The van der Waals surface area contributed by atoms with E-state index in [1.54, 1.807) is 31.4 Å². The number of hydrogen-bond donors (Lipinski definition) is 1. The van der Waals surface area contributed by atoms with E-state index in [1.807, 2.05) is 60.7 Å². The molecule has 5 nitrogen and oxygen atoms in total. The van der Waals surface area contributed by atoms with Crippen LogP contribution in [-0.2, 0) is 4.79 Å². The predicted molar refractivity (Wildman–Crippen MR) is 106 cm³/mol. The number of ether oxygens (including phenoxy) is 2. The van der Waals surface area contributed by atoms with E-state index >= 15 is 0 Å². The van der Waals surface area contributed by atoms with Crippen LogP contribution in [0.3, 0.4) is 0 Å². The molecular formula is C23H20N2O3. The van der Waals surface area contributed by atoms with Gasteiger partial charge in [-0.3, -0.25) is 4.79 Å². The molecule has 0 aliphatic heterocycles. The highest BCUT2D eigenvalue weighted by molar-refractivity contribution is 5.78. The van der Waals surface area contributed by atoms with Crippen molar-refractivity contribution < 1.29 is 14.3 Å². The summed E-state index contributed by atoms with van der Waals surface area (Å²) in [5.74, 6) is 1.05. The van der Waals surface area contributed by atoms with Crippen LogP contribution in [0.15, 0.2) is 78.9 Å². The van der Waals surface area contributed by atoms with Gasteiger partial charge in [0.05, 0.1) is 24.8 Å². The average Bonchev–Trinajstić information content (AvgIpc) is 2.77. The summed E-state index contributed by atoms with van der Waals surface area (Å²) >= 11 is 0. The normalized spacial score (nSPS) is 11.1. The standard InChI is InChI=1S/C23H20N2O3/c1-27-20-13-9-19(10-14-20)23(18-5-3-2-4-6-18)25-22(26)16-28-21-11-7-17(15-24)8-12-21/h2-14,23H,16H2,1H3,(H,25,26). The molecule has 0 aliphatic rings. The molecule has 140 valence electrons. The molecule has 0 fully saturated rings. The van der Waals surface area contributed by atoms with Crippen molar-refractivity contribution in [2.75, 3.05) is 13.7 Å². The molecule has 1 atom stereocenters. The molecule has 5 heteroatoms. The zero-order valence-corrected chi connectivity index (χ0v) is 15.5. The van der Waals surface area contributed by atoms with Crippen molar-refractivity contribution in [2.24, 2.45) is 0 Å². The molecule has 0 aromatic heterocycles. The fraction of sp³-hybridized carbons (Fsp3) is 0.130. The summed E-state index contributed by atoms with van der Waals surface area (Å²) in [4.78, 5) is 12.5. The molecule has 0 bridgehead atoms. The quantitative estimate of drug-likeness (QED) is 0.684. The molecule has 0 saturated heterocycles. The molecule has 0 saturated carbocycles. The lowest BCUT2D eigenvalue weighted by molar-refractivity contribution is -0.123. The summed E-state index contributed by atoms with van der Waals surface area (Å²) in [6.07, 6.45) is 0. The summed E-state index contributed by atoms with van der Waals surface area (Å²) in [6, 6.07) is 25.7. The number of nitrogens with zero attached hydrogens (tertiary/aromatic N) is 1. The van der Waals surface area contributed by atoms with Gasteiger partial charge in [0, 0.05) is 0 Å². The van der Waals surface area contributed by atoms with E-state index in [-0.39, 0.29) is 18.6 Å². The van der Waals surface area contributed by atoms with Crippen molar-refractivity contribution in [3.63, 3.8) is 0 Å². The lowest BCUT2D eigenvalue weighted by Gasteiger charge is -2.20. The Hall–Kier alpha value is -3.78. The van der Waals surface area contributed by atoms with Crippen molar-refractivity contribution in [3.05, 3.63) is 95.6 Å². The number of nitrogens with one attached hydrogen (secondary N) is 1. The molecule has 3 rings (SSSR count). The van der Waals surface area contributed by atoms with Gasteiger partial charge in [-0.2, -0.15) is 5.26 Å². The zero-order chi connectivity index (χ0) is 19.8. The van der Waals surface area contributed by atoms with Crippen LogP contribution in [0.2, 0.25) is 0 Å². The first-order valence-corrected chi connectivity index (χ1v) is 8.81. The van der Waals surface area contributed by atoms with E-state index < -0.39 is 0 Å². The summed E-state index contributed by atoms with van der Waals surface area (Å²) in [5.41, 5.74) is 2.46. The summed E-state index contributed by atoms with van der Waals surface area (Å²) in [7, 11) is 1.62. The fourth-order valence-electron chi connectivity index (χ4n) is 2.78. The number of methoxy groups -OCH3 is 1. The van der Waals surface area contributed by atoms with Crippen LogP contribution >= 0.6 is 0 Å². The van der Waals surface area contributed by atoms with Crippen LogP contribution in [0.5, 0.6) is 11.5 Å². The summed E-state index contributed by atoms with van der Waals surface area (Å²) in [6.45, 7) is -0.120. The highest BCUT2D eigenvalue weighted by Crippen LogP contribution is 2.24. The maximum Gasteiger partial charge on any atom is 0.258 e. The number of carbonyl (C=O) groups is 1. The van der Waals surface area contributed by atoms with Crippen LogP contribution in [0.25, 0.3) is 0 Å². The van der Waals surface area contributed by atoms with Crippen molar-refractivity contribution in [2.45, 2.75) is 6.04 Å². The van der Waals surface area contributed by atoms with Crippen LogP contribution < -0.4 is 14.8 Å². The van der Waals surface area contributed by atoms with Gasteiger partial charge in [-0.1, -0.05) is 42.5 Å². The van der Waals surface area contributed by atoms with E-state index in [0.717, 1.165) is 16.9 Å². The molecule has 3 aromatic carbocycles.